The predicted molar refractivity (Wildman–Crippen MR) is 148 cm³/mol. The highest BCUT2D eigenvalue weighted by Gasteiger charge is 2.41. The fraction of sp³-hybridized carbons (Fsp3) is 0.500. The first-order chi connectivity index (χ1) is 17.9. The lowest BCUT2D eigenvalue weighted by Gasteiger charge is -2.36. The molecule has 4 atom stereocenters. The smallest absolute Gasteiger partial charge is 0.311 e. The van der Waals surface area contributed by atoms with Gasteiger partial charge in [-0.1, -0.05) is 80.0 Å². The van der Waals surface area contributed by atoms with E-state index >= 15 is 0 Å². The molecular formula is C32H40N2O3. The molecule has 2 saturated carbocycles. The van der Waals surface area contributed by atoms with Crippen LogP contribution in [0.3, 0.4) is 0 Å². The van der Waals surface area contributed by atoms with Crippen LogP contribution < -0.4 is 10.6 Å². The number of carboxylic acids is 1. The average molecular weight is 501 g/mol. The number of carboxylic acid groups (broad SMARTS) is 1. The molecule has 3 aliphatic rings. The van der Waals surface area contributed by atoms with Crippen molar-refractivity contribution in [3.63, 3.8) is 0 Å². The van der Waals surface area contributed by atoms with Gasteiger partial charge in [-0.25, -0.2) is 0 Å². The minimum absolute atomic E-state index is 0.144. The zero-order valence-electron chi connectivity index (χ0n) is 21.9. The van der Waals surface area contributed by atoms with E-state index in [9.17, 15) is 14.7 Å². The summed E-state index contributed by atoms with van der Waals surface area (Å²) in [6.07, 6.45) is 15.1. The molecule has 0 spiro atoms. The van der Waals surface area contributed by atoms with Crippen molar-refractivity contribution in [1.29, 1.82) is 0 Å². The van der Waals surface area contributed by atoms with Gasteiger partial charge in [-0.3, -0.25) is 9.59 Å². The van der Waals surface area contributed by atoms with E-state index in [1.165, 1.54) is 35.6 Å². The molecule has 37 heavy (non-hydrogen) atoms. The van der Waals surface area contributed by atoms with Crippen LogP contribution in [0.15, 0.2) is 66.3 Å². The zero-order valence-corrected chi connectivity index (χ0v) is 21.9. The Bertz CT molecular complexity index is 1190. The Hall–Kier alpha value is -2.92. The summed E-state index contributed by atoms with van der Waals surface area (Å²) in [4.78, 5) is 24.5. The number of hydrogen-bond acceptors (Lipinski definition) is 3. The van der Waals surface area contributed by atoms with Gasteiger partial charge in [0, 0.05) is 24.2 Å². The largest absolute Gasteiger partial charge is 0.481 e. The number of carbonyl (C=O) groups excluding carboxylic acids is 1. The maximum Gasteiger partial charge on any atom is 0.311 e. The summed E-state index contributed by atoms with van der Waals surface area (Å²) in [7, 11) is 0. The molecule has 2 aromatic rings. The summed E-state index contributed by atoms with van der Waals surface area (Å²) in [6.45, 7) is 2.50. The second kappa shape index (κ2) is 11.2. The van der Waals surface area contributed by atoms with E-state index in [2.05, 4.69) is 72.2 Å². The molecule has 0 radical (unpaired) electrons. The first-order valence-corrected chi connectivity index (χ1v) is 14.1. The third kappa shape index (κ3) is 5.67. The van der Waals surface area contributed by atoms with Crippen LogP contribution in [-0.2, 0) is 9.59 Å². The van der Waals surface area contributed by atoms with Crippen LogP contribution in [0, 0.1) is 17.3 Å². The summed E-state index contributed by atoms with van der Waals surface area (Å²) in [5.74, 6) is 0.133. The normalized spacial score (nSPS) is 26.0. The number of amides is 1. The highest BCUT2D eigenvalue weighted by Crippen LogP contribution is 2.38. The van der Waals surface area contributed by atoms with E-state index in [1.54, 1.807) is 0 Å². The highest BCUT2D eigenvalue weighted by atomic mass is 16.4. The molecule has 2 fully saturated rings. The number of hydrogen-bond donors (Lipinski definition) is 3. The van der Waals surface area contributed by atoms with Crippen molar-refractivity contribution in [3.05, 3.63) is 71.8 Å². The second-order valence-electron chi connectivity index (χ2n) is 11.5. The molecule has 196 valence electrons. The van der Waals surface area contributed by atoms with E-state index in [0.717, 1.165) is 25.7 Å². The number of carbonyl (C=O) groups is 2. The fourth-order valence-corrected chi connectivity index (χ4v) is 6.86. The van der Waals surface area contributed by atoms with Crippen molar-refractivity contribution in [1.82, 2.24) is 10.6 Å². The predicted octanol–water partition coefficient (Wildman–Crippen LogP) is 6.31. The van der Waals surface area contributed by atoms with Crippen LogP contribution in [0.5, 0.6) is 0 Å². The summed E-state index contributed by atoms with van der Waals surface area (Å²) < 4.78 is 0. The van der Waals surface area contributed by atoms with Crippen molar-refractivity contribution in [3.8, 4) is 0 Å². The third-order valence-electron chi connectivity index (χ3n) is 9.09. The molecule has 5 heteroatoms. The SMILES string of the molecule is C[C@@H](N[C@H]1CCC[C@H](C2C=CC(C(=O)NCC3(C(=O)O)CCCC3)=CC2)C1)c1cccc2ccccc12. The van der Waals surface area contributed by atoms with E-state index < -0.39 is 11.4 Å². The fourth-order valence-electron chi connectivity index (χ4n) is 6.86. The van der Waals surface area contributed by atoms with Gasteiger partial charge in [0.1, 0.15) is 0 Å². The van der Waals surface area contributed by atoms with Crippen LogP contribution in [0.4, 0.5) is 0 Å². The highest BCUT2D eigenvalue weighted by molar-refractivity contribution is 5.96. The molecule has 5 rings (SSSR count). The van der Waals surface area contributed by atoms with E-state index in [4.69, 9.17) is 0 Å². The lowest BCUT2D eigenvalue weighted by Crippen LogP contribution is -2.41. The van der Waals surface area contributed by atoms with Crippen LogP contribution in [-0.4, -0.2) is 29.6 Å². The number of rotatable bonds is 8. The Morgan fingerprint density at radius 3 is 2.59 bits per heavy atom. The van der Waals surface area contributed by atoms with Crippen LogP contribution in [0.25, 0.3) is 10.8 Å². The lowest BCUT2D eigenvalue weighted by atomic mass is 9.74. The average Bonchev–Trinajstić information content (AvgIpc) is 3.42. The topological polar surface area (TPSA) is 78.4 Å². The molecule has 3 N–H and O–H groups in total. The minimum Gasteiger partial charge on any atom is -0.481 e. The first-order valence-electron chi connectivity index (χ1n) is 14.1. The van der Waals surface area contributed by atoms with E-state index in [1.807, 2.05) is 6.08 Å². The van der Waals surface area contributed by atoms with Gasteiger partial charge in [-0.05, 0) is 73.6 Å². The Balaban J connectivity index is 1.15. The van der Waals surface area contributed by atoms with Gasteiger partial charge in [0.05, 0.1) is 5.41 Å². The van der Waals surface area contributed by atoms with Crippen molar-refractivity contribution >= 4 is 22.6 Å². The number of benzene rings is 2. The Morgan fingerprint density at radius 2 is 1.84 bits per heavy atom. The molecule has 2 aromatic carbocycles. The van der Waals surface area contributed by atoms with Gasteiger partial charge >= 0.3 is 5.97 Å². The Morgan fingerprint density at radius 1 is 1.05 bits per heavy atom. The Kier molecular flexibility index (Phi) is 7.80. The molecule has 0 heterocycles. The van der Waals surface area contributed by atoms with Gasteiger partial charge in [-0.2, -0.15) is 0 Å². The molecule has 0 saturated heterocycles. The lowest BCUT2D eigenvalue weighted by molar-refractivity contribution is -0.148. The van der Waals surface area contributed by atoms with Crippen molar-refractivity contribution in [2.45, 2.75) is 76.8 Å². The third-order valence-corrected chi connectivity index (χ3v) is 9.09. The van der Waals surface area contributed by atoms with Crippen molar-refractivity contribution in [2.24, 2.45) is 17.3 Å². The second-order valence-corrected chi connectivity index (χ2v) is 11.5. The maximum absolute atomic E-state index is 12.8. The molecular weight excluding hydrogens is 460 g/mol. The van der Waals surface area contributed by atoms with Crippen LogP contribution in [0.2, 0.25) is 0 Å². The summed E-state index contributed by atoms with van der Waals surface area (Å²) in [6, 6.07) is 16.0. The van der Waals surface area contributed by atoms with Crippen molar-refractivity contribution in [2.75, 3.05) is 6.54 Å². The first kappa shape index (κ1) is 25.7. The van der Waals surface area contributed by atoms with Crippen LogP contribution >= 0.6 is 0 Å². The Labute approximate surface area is 220 Å². The van der Waals surface area contributed by atoms with Crippen molar-refractivity contribution < 1.29 is 14.7 Å². The molecule has 5 nitrogen and oxygen atoms in total. The number of allylic oxidation sites excluding steroid dienone is 2. The summed E-state index contributed by atoms with van der Waals surface area (Å²) >= 11 is 0. The standard InChI is InChI=1S/C32H40N2O3/c1-22(28-13-7-9-24-8-2-3-12-29(24)28)34-27-11-6-10-26(20-27)23-14-16-25(17-15-23)30(35)33-21-32(31(36)37)18-4-5-19-32/h2-3,7-9,12-14,16-17,22-23,26-27,34H,4-6,10-11,15,18-21H2,1H3,(H,33,35)(H,36,37)/t22-,23?,26+,27+/m1/s1. The van der Waals surface area contributed by atoms with Gasteiger partial charge in [0.15, 0.2) is 0 Å². The van der Waals surface area contributed by atoms with E-state index in [-0.39, 0.29) is 12.5 Å². The minimum atomic E-state index is -0.787. The van der Waals surface area contributed by atoms with Gasteiger partial charge in [-0.15, -0.1) is 0 Å². The maximum atomic E-state index is 12.8. The van der Waals surface area contributed by atoms with E-state index in [0.29, 0.717) is 42.3 Å². The molecule has 0 bridgehead atoms. The molecule has 0 aromatic heterocycles. The quantitative estimate of drug-likeness (QED) is 0.397. The number of fused-ring (bicyclic) bond motifs is 1. The van der Waals surface area contributed by atoms with Gasteiger partial charge in [0.2, 0.25) is 0 Å². The molecule has 1 amide bonds. The summed E-state index contributed by atoms with van der Waals surface area (Å²) in [5, 5.41) is 19.1. The molecule has 0 aliphatic heterocycles. The van der Waals surface area contributed by atoms with Gasteiger partial charge < -0.3 is 15.7 Å². The molecule has 3 aliphatic carbocycles. The van der Waals surface area contributed by atoms with Crippen LogP contribution in [0.1, 0.15) is 76.3 Å². The zero-order chi connectivity index (χ0) is 25.8. The summed E-state index contributed by atoms with van der Waals surface area (Å²) in [5.41, 5.74) is 1.24. The van der Waals surface area contributed by atoms with Gasteiger partial charge in [0.25, 0.3) is 5.91 Å². The molecule has 1 unspecified atom stereocenters. The monoisotopic (exact) mass is 500 g/mol. The number of aliphatic carboxylic acids is 1. The number of nitrogens with one attached hydrogen (secondary N) is 2.